The molecule has 106 valence electrons. The topological polar surface area (TPSA) is 41.5 Å². The van der Waals surface area contributed by atoms with Crippen LogP contribution in [0.3, 0.4) is 0 Å². The van der Waals surface area contributed by atoms with Crippen LogP contribution < -0.4 is 5.32 Å². The molecule has 0 radical (unpaired) electrons. The summed E-state index contributed by atoms with van der Waals surface area (Å²) in [6.45, 7) is 0.852. The quantitative estimate of drug-likeness (QED) is 0.808. The van der Waals surface area contributed by atoms with Gasteiger partial charge in [0, 0.05) is 30.8 Å². The van der Waals surface area contributed by atoms with E-state index in [1.54, 1.807) is 7.11 Å². The van der Waals surface area contributed by atoms with Crippen LogP contribution in [0.2, 0.25) is 5.02 Å². The summed E-state index contributed by atoms with van der Waals surface area (Å²) in [5.41, 5.74) is 1.33. The van der Waals surface area contributed by atoms with Gasteiger partial charge >= 0.3 is 0 Å². The lowest BCUT2D eigenvalue weighted by atomic mass is 9.75. The predicted octanol–water partition coefficient (Wildman–Crippen LogP) is 2.57. The summed E-state index contributed by atoms with van der Waals surface area (Å²) in [4.78, 5) is 0. The third kappa shape index (κ3) is 4.18. The molecular formula is C15H22ClNO2. The van der Waals surface area contributed by atoms with Crippen LogP contribution in [-0.2, 0) is 4.74 Å². The van der Waals surface area contributed by atoms with E-state index in [2.05, 4.69) is 17.4 Å². The summed E-state index contributed by atoms with van der Waals surface area (Å²) in [6, 6.07) is 8.90. The maximum atomic E-state index is 9.02. The maximum Gasteiger partial charge on any atom is 0.0616 e. The molecule has 0 amide bonds. The van der Waals surface area contributed by atoms with Crippen molar-refractivity contribution in [3.8, 4) is 0 Å². The van der Waals surface area contributed by atoms with Gasteiger partial charge in [0.15, 0.2) is 0 Å². The minimum atomic E-state index is 0.200. The lowest BCUT2D eigenvalue weighted by Gasteiger charge is -2.38. The molecule has 1 atom stereocenters. The third-order valence-electron chi connectivity index (χ3n) is 3.77. The van der Waals surface area contributed by atoms with Gasteiger partial charge < -0.3 is 15.2 Å². The largest absolute Gasteiger partial charge is 0.396 e. The van der Waals surface area contributed by atoms with Gasteiger partial charge in [-0.05, 0) is 42.9 Å². The molecule has 0 aromatic heterocycles. The number of aliphatic hydroxyl groups excluding tert-OH is 1. The lowest BCUT2D eigenvalue weighted by Crippen LogP contribution is -2.47. The van der Waals surface area contributed by atoms with Gasteiger partial charge in [-0.25, -0.2) is 0 Å². The Hall–Kier alpha value is -0.610. The van der Waals surface area contributed by atoms with Gasteiger partial charge in [0.2, 0.25) is 0 Å². The second-order valence-electron chi connectivity index (χ2n) is 5.25. The number of ether oxygens (including phenoxy) is 1. The van der Waals surface area contributed by atoms with Crippen LogP contribution in [0.5, 0.6) is 0 Å². The van der Waals surface area contributed by atoms with Crippen LogP contribution in [0.15, 0.2) is 24.3 Å². The first-order valence-electron chi connectivity index (χ1n) is 6.84. The molecule has 0 spiro atoms. The van der Waals surface area contributed by atoms with Crippen molar-refractivity contribution >= 4 is 11.6 Å². The van der Waals surface area contributed by atoms with E-state index < -0.39 is 0 Å². The highest BCUT2D eigenvalue weighted by Crippen LogP contribution is 2.37. The average Bonchev–Trinajstić information content (AvgIpc) is 2.33. The van der Waals surface area contributed by atoms with E-state index in [0.29, 0.717) is 18.6 Å². The molecule has 1 aromatic rings. The number of halogens is 1. The Morgan fingerprint density at radius 2 is 2.26 bits per heavy atom. The summed E-state index contributed by atoms with van der Waals surface area (Å²) < 4.78 is 5.16. The first kappa shape index (κ1) is 14.8. The Balaban J connectivity index is 1.79. The minimum absolute atomic E-state index is 0.200. The van der Waals surface area contributed by atoms with E-state index >= 15 is 0 Å². The van der Waals surface area contributed by atoms with Gasteiger partial charge in [-0.3, -0.25) is 0 Å². The molecule has 1 aliphatic carbocycles. The van der Waals surface area contributed by atoms with Crippen LogP contribution in [-0.4, -0.2) is 37.5 Å². The fraction of sp³-hybridized carbons (Fsp3) is 0.600. The molecule has 3 nitrogen and oxygen atoms in total. The van der Waals surface area contributed by atoms with E-state index in [9.17, 15) is 0 Å². The summed E-state index contributed by atoms with van der Waals surface area (Å²) in [6.07, 6.45) is 3.00. The summed E-state index contributed by atoms with van der Waals surface area (Å²) in [7, 11) is 1.70. The number of benzene rings is 1. The van der Waals surface area contributed by atoms with E-state index in [4.69, 9.17) is 21.4 Å². The van der Waals surface area contributed by atoms with Gasteiger partial charge in [0.25, 0.3) is 0 Å². The van der Waals surface area contributed by atoms with Crippen molar-refractivity contribution in [2.24, 2.45) is 0 Å². The molecule has 1 saturated carbocycles. The highest BCUT2D eigenvalue weighted by atomic mass is 35.5. The molecule has 0 aliphatic heterocycles. The third-order valence-corrected chi connectivity index (χ3v) is 4.01. The van der Waals surface area contributed by atoms with Crippen molar-refractivity contribution in [1.82, 2.24) is 5.32 Å². The molecule has 0 bridgehead atoms. The Morgan fingerprint density at radius 3 is 2.89 bits per heavy atom. The Kier molecular flexibility index (Phi) is 5.64. The SMILES string of the molecule is COCC(CCO)NC1CC(c2cccc(Cl)c2)C1. The van der Waals surface area contributed by atoms with Gasteiger partial charge in [-0.1, -0.05) is 23.7 Å². The van der Waals surface area contributed by atoms with Crippen LogP contribution in [0, 0.1) is 0 Å². The van der Waals surface area contributed by atoms with Crippen molar-refractivity contribution in [3.63, 3.8) is 0 Å². The van der Waals surface area contributed by atoms with E-state index in [-0.39, 0.29) is 12.6 Å². The highest BCUT2D eigenvalue weighted by molar-refractivity contribution is 6.30. The maximum absolute atomic E-state index is 9.02. The fourth-order valence-electron chi connectivity index (χ4n) is 2.69. The van der Waals surface area contributed by atoms with Crippen molar-refractivity contribution < 1.29 is 9.84 Å². The molecule has 1 fully saturated rings. The van der Waals surface area contributed by atoms with Gasteiger partial charge in [0.1, 0.15) is 0 Å². The molecule has 0 heterocycles. The molecule has 4 heteroatoms. The second-order valence-corrected chi connectivity index (χ2v) is 5.69. The van der Waals surface area contributed by atoms with Gasteiger partial charge in [-0.15, -0.1) is 0 Å². The monoisotopic (exact) mass is 283 g/mol. The number of aliphatic hydroxyl groups is 1. The standard InChI is InChI=1S/C15H22ClNO2/c1-19-10-14(5-6-18)17-15-8-12(9-15)11-3-2-4-13(16)7-11/h2-4,7,12,14-15,17-18H,5-6,8-10H2,1H3. The van der Waals surface area contributed by atoms with Crippen molar-refractivity contribution in [3.05, 3.63) is 34.9 Å². The van der Waals surface area contributed by atoms with E-state index in [0.717, 1.165) is 24.3 Å². The second kappa shape index (κ2) is 7.25. The number of nitrogens with one attached hydrogen (secondary N) is 1. The molecule has 0 saturated heterocycles. The molecule has 1 aliphatic rings. The van der Waals surface area contributed by atoms with Crippen molar-refractivity contribution in [2.45, 2.75) is 37.3 Å². The molecule has 2 N–H and O–H groups in total. The van der Waals surface area contributed by atoms with Gasteiger partial charge in [0.05, 0.1) is 6.61 Å². The Bertz CT molecular complexity index is 387. The highest BCUT2D eigenvalue weighted by Gasteiger charge is 2.31. The van der Waals surface area contributed by atoms with Crippen LogP contribution >= 0.6 is 11.6 Å². The lowest BCUT2D eigenvalue weighted by molar-refractivity contribution is 0.129. The first-order valence-corrected chi connectivity index (χ1v) is 7.22. The zero-order chi connectivity index (χ0) is 13.7. The fourth-order valence-corrected chi connectivity index (χ4v) is 2.89. The summed E-state index contributed by atoms with van der Waals surface area (Å²) in [5, 5.41) is 13.4. The summed E-state index contributed by atoms with van der Waals surface area (Å²) >= 11 is 6.01. The Labute approximate surface area is 119 Å². The average molecular weight is 284 g/mol. The zero-order valence-electron chi connectivity index (χ0n) is 11.3. The van der Waals surface area contributed by atoms with Gasteiger partial charge in [-0.2, -0.15) is 0 Å². The number of methoxy groups -OCH3 is 1. The van der Waals surface area contributed by atoms with Crippen LogP contribution in [0.25, 0.3) is 0 Å². The van der Waals surface area contributed by atoms with Crippen molar-refractivity contribution in [2.75, 3.05) is 20.3 Å². The van der Waals surface area contributed by atoms with Crippen molar-refractivity contribution in [1.29, 1.82) is 0 Å². The number of hydrogen-bond acceptors (Lipinski definition) is 3. The van der Waals surface area contributed by atoms with Crippen LogP contribution in [0.4, 0.5) is 0 Å². The first-order chi connectivity index (χ1) is 9.22. The molecular weight excluding hydrogens is 262 g/mol. The molecule has 1 aromatic carbocycles. The minimum Gasteiger partial charge on any atom is -0.396 e. The number of hydrogen-bond donors (Lipinski definition) is 2. The van der Waals surface area contributed by atoms with Crippen LogP contribution in [0.1, 0.15) is 30.7 Å². The smallest absolute Gasteiger partial charge is 0.0616 e. The molecule has 2 rings (SSSR count). The molecule has 19 heavy (non-hydrogen) atoms. The van der Waals surface area contributed by atoms with E-state index in [1.807, 2.05) is 12.1 Å². The number of rotatable bonds is 7. The normalized spacial score (nSPS) is 23.9. The van der Waals surface area contributed by atoms with E-state index in [1.165, 1.54) is 5.56 Å². The summed E-state index contributed by atoms with van der Waals surface area (Å²) in [5.74, 6) is 0.605. The molecule has 1 unspecified atom stereocenters. The predicted molar refractivity (Wildman–Crippen MR) is 77.7 cm³/mol. The Morgan fingerprint density at radius 1 is 1.47 bits per heavy atom. The zero-order valence-corrected chi connectivity index (χ0v) is 12.1.